The number of carbonyl (C=O) groups excluding carboxylic acids is 1. The molecule has 2 aromatic carbocycles. The summed E-state index contributed by atoms with van der Waals surface area (Å²) in [5.74, 6) is 1.09. The molecule has 0 aliphatic heterocycles. The minimum atomic E-state index is -0.225. The SMILES string of the molecule is COc1ccc(CC(NC(=O)C(C)CN)c2ccccc2)cc1OC. The Labute approximate surface area is 149 Å². The van der Waals surface area contributed by atoms with Crippen LogP contribution < -0.4 is 20.5 Å². The standard InChI is InChI=1S/C20H26N2O3/c1-14(13-21)20(23)22-17(16-7-5-4-6-8-16)11-15-9-10-18(24-2)19(12-15)25-3/h4-10,12,14,17H,11,13,21H2,1-3H3,(H,22,23). The molecule has 3 N–H and O–H groups in total. The smallest absolute Gasteiger partial charge is 0.224 e. The van der Waals surface area contributed by atoms with Gasteiger partial charge in [0, 0.05) is 12.5 Å². The summed E-state index contributed by atoms with van der Waals surface area (Å²) in [5, 5.41) is 3.11. The second-order valence-corrected chi connectivity index (χ2v) is 6.00. The molecule has 134 valence electrons. The molecule has 0 aliphatic carbocycles. The zero-order valence-corrected chi connectivity index (χ0v) is 15.0. The Morgan fingerprint density at radius 2 is 1.76 bits per heavy atom. The molecule has 0 saturated carbocycles. The summed E-state index contributed by atoms with van der Waals surface area (Å²) in [5.41, 5.74) is 7.72. The van der Waals surface area contributed by atoms with Crippen molar-refractivity contribution in [3.8, 4) is 11.5 Å². The van der Waals surface area contributed by atoms with Gasteiger partial charge in [-0.3, -0.25) is 4.79 Å². The Bertz CT molecular complexity index is 689. The molecule has 1 amide bonds. The third-order valence-electron chi connectivity index (χ3n) is 4.21. The molecule has 0 fully saturated rings. The van der Waals surface area contributed by atoms with Crippen molar-refractivity contribution in [3.05, 3.63) is 59.7 Å². The van der Waals surface area contributed by atoms with E-state index in [1.165, 1.54) is 0 Å². The number of hydrogen-bond acceptors (Lipinski definition) is 4. The molecular formula is C20H26N2O3. The highest BCUT2D eigenvalue weighted by Gasteiger charge is 2.19. The molecular weight excluding hydrogens is 316 g/mol. The first-order valence-electron chi connectivity index (χ1n) is 8.35. The van der Waals surface area contributed by atoms with Gasteiger partial charge in [0.05, 0.1) is 20.3 Å². The van der Waals surface area contributed by atoms with Crippen LogP contribution in [0.2, 0.25) is 0 Å². The third kappa shape index (κ3) is 4.97. The van der Waals surface area contributed by atoms with Crippen LogP contribution in [0.1, 0.15) is 24.1 Å². The van der Waals surface area contributed by atoms with Crippen LogP contribution in [-0.2, 0) is 11.2 Å². The number of nitrogens with two attached hydrogens (primary N) is 1. The normalized spacial score (nSPS) is 13.0. The minimum Gasteiger partial charge on any atom is -0.493 e. The van der Waals surface area contributed by atoms with Crippen LogP contribution in [0.15, 0.2) is 48.5 Å². The van der Waals surface area contributed by atoms with Gasteiger partial charge in [-0.25, -0.2) is 0 Å². The maximum Gasteiger partial charge on any atom is 0.224 e. The van der Waals surface area contributed by atoms with Crippen LogP contribution in [0.25, 0.3) is 0 Å². The molecule has 25 heavy (non-hydrogen) atoms. The van der Waals surface area contributed by atoms with Crippen molar-refractivity contribution in [2.24, 2.45) is 11.7 Å². The third-order valence-corrected chi connectivity index (χ3v) is 4.21. The van der Waals surface area contributed by atoms with Gasteiger partial charge in [0.25, 0.3) is 0 Å². The predicted octanol–water partition coefficient (Wildman–Crippen LogP) is 2.70. The highest BCUT2D eigenvalue weighted by Crippen LogP contribution is 2.29. The molecule has 2 rings (SSSR count). The first kappa shape index (κ1) is 18.8. The molecule has 0 heterocycles. The fourth-order valence-electron chi connectivity index (χ4n) is 2.60. The summed E-state index contributed by atoms with van der Waals surface area (Å²) in [6, 6.07) is 15.6. The van der Waals surface area contributed by atoms with E-state index in [-0.39, 0.29) is 17.9 Å². The number of amides is 1. The van der Waals surface area contributed by atoms with E-state index in [2.05, 4.69) is 5.32 Å². The number of ether oxygens (including phenoxy) is 2. The van der Waals surface area contributed by atoms with Crippen molar-refractivity contribution < 1.29 is 14.3 Å². The van der Waals surface area contributed by atoms with E-state index in [0.717, 1.165) is 11.1 Å². The second kappa shape index (κ2) is 9.08. The van der Waals surface area contributed by atoms with Gasteiger partial charge >= 0.3 is 0 Å². The Morgan fingerprint density at radius 1 is 1.08 bits per heavy atom. The summed E-state index contributed by atoms with van der Waals surface area (Å²) in [7, 11) is 3.22. The number of carbonyl (C=O) groups is 1. The number of hydrogen-bond donors (Lipinski definition) is 2. The molecule has 0 radical (unpaired) electrons. The lowest BCUT2D eigenvalue weighted by molar-refractivity contribution is -0.125. The monoisotopic (exact) mass is 342 g/mol. The lowest BCUT2D eigenvalue weighted by atomic mass is 9.97. The molecule has 5 nitrogen and oxygen atoms in total. The molecule has 0 aromatic heterocycles. The largest absolute Gasteiger partial charge is 0.493 e. The topological polar surface area (TPSA) is 73.6 Å². The number of methoxy groups -OCH3 is 2. The van der Waals surface area contributed by atoms with Crippen LogP contribution in [0, 0.1) is 5.92 Å². The quantitative estimate of drug-likeness (QED) is 0.773. The summed E-state index contributed by atoms with van der Waals surface area (Å²) < 4.78 is 10.7. The molecule has 2 aromatic rings. The Morgan fingerprint density at radius 3 is 2.36 bits per heavy atom. The van der Waals surface area contributed by atoms with E-state index in [9.17, 15) is 4.79 Å². The minimum absolute atomic E-state index is 0.0446. The molecule has 0 spiro atoms. The van der Waals surface area contributed by atoms with Gasteiger partial charge in [-0.1, -0.05) is 43.3 Å². The summed E-state index contributed by atoms with van der Waals surface area (Å²) in [6.45, 7) is 2.15. The summed E-state index contributed by atoms with van der Waals surface area (Å²) in [6.07, 6.45) is 0.646. The van der Waals surface area contributed by atoms with Gasteiger partial charge in [-0.15, -0.1) is 0 Å². The van der Waals surface area contributed by atoms with Gasteiger partial charge in [0.2, 0.25) is 5.91 Å². The summed E-state index contributed by atoms with van der Waals surface area (Å²) >= 11 is 0. The first-order chi connectivity index (χ1) is 12.1. The van der Waals surface area contributed by atoms with Crippen LogP contribution in [0.4, 0.5) is 0 Å². The summed E-state index contributed by atoms with van der Waals surface area (Å²) in [4.78, 5) is 12.3. The second-order valence-electron chi connectivity index (χ2n) is 6.00. The van der Waals surface area contributed by atoms with Crippen LogP contribution >= 0.6 is 0 Å². The predicted molar refractivity (Wildman–Crippen MR) is 98.8 cm³/mol. The molecule has 2 atom stereocenters. The molecule has 0 aliphatic rings. The van der Waals surface area contributed by atoms with E-state index in [0.29, 0.717) is 24.5 Å². The Kier molecular flexibility index (Phi) is 6.83. The average Bonchev–Trinajstić information content (AvgIpc) is 2.67. The fourth-order valence-corrected chi connectivity index (χ4v) is 2.60. The van der Waals surface area contributed by atoms with Gasteiger partial charge in [0.15, 0.2) is 11.5 Å². The Hall–Kier alpha value is -2.53. The van der Waals surface area contributed by atoms with Crippen LogP contribution in [0.5, 0.6) is 11.5 Å². The van der Waals surface area contributed by atoms with Crippen LogP contribution in [0.3, 0.4) is 0 Å². The van der Waals surface area contributed by atoms with Crippen molar-refractivity contribution in [1.29, 1.82) is 0 Å². The van der Waals surface area contributed by atoms with E-state index < -0.39 is 0 Å². The zero-order valence-electron chi connectivity index (χ0n) is 15.0. The van der Waals surface area contributed by atoms with Gasteiger partial charge < -0.3 is 20.5 Å². The zero-order chi connectivity index (χ0) is 18.2. The molecule has 5 heteroatoms. The molecule has 0 saturated heterocycles. The van der Waals surface area contributed by atoms with Gasteiger partial charge in [-0.05, 0) is 29.7 Å². The fraction of sp³-hybridized carbons (Fsp3) is 0.350. The van der Waals surface area contributed by atoms with Crippen molar-refractivity contribution in [2.75, 3.05) is 20.8 Å². The Balaban J connectivity index is 2.25. The van der Waals surface area contributed by atoms with Crippen molar-refractivity contribution in [1.82, 2.24) is 5.32 Å². The number of rotatable bonds is 8. The first-order valence-corrected chi connectivity index (χ1v) is 8.35. The molecule has 0 bridgehead atoms. The highest BCUT2D eigenvalue weighted by atomic mass is 16.5. The van der Waals surface area contributed by atoms with E-state index in [4.69, 9.17) is 15.2 Å². The molecule has 2 unspecified atom stereocenters. The van der Waals surface area contributed by atoms with Crippen LogP contribution in [-0.4, -0.2) is 26.7 Å². The maximum atomic E-state index is 12.3. The van der Waals surface area contributed by atoms with Crippen molar-refractivity contribution in [2.45, 2.75) is 19.4 Å². The lowest BCUT2D eigenvalue weighted by Crippen LogP contribution is -2.36. The highest BCUT2D eigenvalue weighted by molar-refractivity contribution is 5.79. The van der Waals surface area contributed by atoms with Crippen molar-refractivity contribution in [3.63, 3.8) is 0 Å². The van der Waals surface area contributed by atoms with E-state index in [1.807, 2.05) is 55.5 Å². The lowest BCUT2D eigenvalue weighted by Gasteiger charge is -2.22. The maximum absolute atomic E-state index is 12.3. The van der Waals surface area contributed by atoms with Crippen molar-refractivity contribution >= 4 is 5.91 Å². The van der Waals surface area contributed by atoms with E-state index in [1.54, 1.807) is 14.2 Å². The average molecular weight is 342 g/mol. The number of nitrogens with one attached hydrogen (secondary N) is 1. The van der Waals surface area contributed by atoms with Gasteiger partial charge in [0.1, 0.15) is 0 Å². The van der Waals surface area contributed by atoms with E-state index >= 15 is 0 Å². The number of benzene rings is 2. The van der Waals surface area contributed by atoms with Gasteiger partial charge in [-0.2, -0.15) is 0 Å².